The highest BCUT2D eigenvalue weighted by Gasteiger charge is 2.16. The highest BCUT2D eigenvalue weighted by atomic mass is 19.1. The van der Waals surface area contributed by atoms with Gasteiger partial charge in [0, 0.05) is 29.9 Å². The first-order valence-electron chi connectivity index (χ1n) is 9.35. The maximum atomic E-state index is 13.8. The van der Waals surface area contributed by atoms with Crippen molar-refractivity contribution in [3.63, 3.8) is 0 Å². The van der Waals surface area contributed by atoms with E-state index in [1.54, 1.807) is 16.8 Å². The van der Waals surface area contributed by atoms with Gasteiger partial charge in [0.2, 0.25) is 0 Å². The van der Waals surface area contributed by atoms with E-state index in [1.165, 1.54) is 12.3 Å². The Labute approximate surface area is 171 Å². The molecular formula is C22H18F2N4O2. The average molecular weight is 408 g/mol. The number of hydrogen-bond donors (Lipinski definition) is 1. The van der Waals surface area contributed by atoms with Crippen LogP contribution in [0.2, 0.25) is 0 Å². The van der Waals surface area contributed by atoms with Crippen LogP contribution in [-0.4, -0.2) is 27.1 Å². The average Bonchev–Trinajstić information content (AvgIpc) is 3.18. The second-order valence-electron chi connectivity index (χ2n) is 6.50. The van der Waals surface area contributed by atoms with Crippen LogP contribution in [0.1, 0.15) is 22.8 Å². The van der Waals surface area contributed by atoms with Crippen LogP contribution in [0, 0.1) is 11.6 Å². The van der Waals surface area contributed by atoms with Gasteiger partial charge in [-0.1, -0.05) is 6.07 Å². The molecule has 0 saturated heterocycles. The van der Waals surface area contributed by atoms with Crippen molar-refractivity contribution in [3.8, 4) is 17.0 Å². The Bertz CT molecular complexity index is 1210. The molecule has 0 radical (unpaired) electrons. The Balaban J connectivity index is 1.58. The van der Waals surface area contributed by atoms with E-state index in [1.807, 2.05) is 31.2 Å². The summed E-state index contributed by atoms with van der Waals surface area (Å²) in [6.07, 6.45) is 3.01. The molecular weight excluding hydrogens is 390 g/mol. The second-order valence-corrected chi connectivity index (χ2v) is 6.50. The van der Waals surface area contributed by atoms with Gasteiger partial charge in [-0.2, -0.15) is 5.10 Å². The van der Waals surface area contributed by atoms with E-state index >= 15 is 0 Å². The van der Waals surface area contributed by atoms with Gasteiger partial charge in [0.15, 0.2) is 5.65 Å². The third-order valence-corrected chi connectivity index (χ3v) is 4.56. The van der Waals surface area contributed by atoms with Crippen LogP contribution in [0.4, 0.5) is 8.78 Å². The third kappa shape index (κ3) is 3.84. The Morgan fingerprint density at radius 2 is 1.93 bits per heavy atom. The molecule has 6 nitrogen and oxygen atoms in total. The van der Waals surface area contributed by atoms with Crippen molar-refractivity contribution in [3.05, 3.63) is 83.7 Å². The minimum absolute atomic E-state index is 0.0825. The van der Waals surface area contributed by atoms with Crippen LogP contribution >= 0.6 is 0 Å². The van der Waals surface area contributed by atoms with Crippen LogP contribution in [0.5, 0.6) is 5.75 Å². The van der Waals surface area contributed by atoms with Crippen molar-refractivity contribution in [1.29, 1.82) is 0 Å². The van der Waals surface area contributed by atoms with Gasteiger partial charge in [-0.3, -0.25) is 4.79 Å². The highest BCUT2D eigenvalue weighted by Crippen LogP contribution is 2.23. The fraction of sp³-hybridized carbons (Fsp3) is 0.136. The molecule has 0 atom stereocenters. The highest BCUT2D eigenvalue weighted by molar-refractivity contribution is 5.99. The monoisotopic (exact) mass is 408 g/mol. The molecule has 0 aliphatic heterocycles. The molecule has 30 heavy (non-hydrogen) atoms. The fourth-order valence-electron chi connectivity index (χ4n) is 3.09. The lowest BCUT2D eigenvalue weighted by Gasteiger charge is -2.08. The van der Waals surface area contributed by atoms with E-state index in [0.29, 0.717) is 12.3 Å². The number of benzene rings is 2. The predicted molar refractivity (Wildman–Crippen MR) is 107 cm³/mol. The molecule has 2 aromatic heterocycles. The number of amides is 1. The van der Waals surface area contributed by atoms with Crippen LogP contribution < -0.4 is 10.1 Å². The number of aromatic nitrogens is 3. The third-order valence-electron chi connectivity index (χ3n) is 4.56. The van der Waals surface area contributed by atoms with Gasteiger partial charge in [-0.15, -0.1) is 0 Å². The normalized spacial score (nSPS) is 10.9. The molecule has 0 bridgehead atoms. The van der Waals surface area contributed by atoms with Gasteiger partial charge < -0.3 is 10.1 Å². The summed E-state index contributed by atoms with van der Waals surface area (Å²) in [6, 6.07) is 12.5. The molecule has 0 fully saturated rings. The van der Waals surface area contributed by atoms with Crippen molar-refractivity contribution in [2.24, 2.45) is 0 Å². The van der Waals surface area contributed by atoms with Gasteiger partial charge in [0.25, 0.3) is 5.91 Å². The van der Waals surface area contributed by atoms with Crippen LogP contribution in [0.25, 0.3) is 16.9 Å². The maximum absolute atomic E-state index is 13.8. The summed E-state index contributed by atoms with van der Waals surface area (Å²) in [5.74, 6) is -1.08. The smallest absolute Gasteiger partial charge is 0.257 e. The summed E-state index contributed by atoms with van der Waals surface area (Å²) in [5.41, 5.74) is 2.45. The molecule has 0 aliphatic carbocycles. The number of fused-ring (bicyclic) bond motifs is 1. The number of halogens is 2. The largest absolute Gasteiger partial charge is 0.494 e. The van der Waals surface area contributed by atoms with Crippen molar-refractivity contribution < 1.29 is 18.3 Å². The number of carbonyl (C=O) groups is 1. The lowest BCUT2D eigenvalue weighted by atomic mass is 10.1. The van der Waals surface area contributed by atoms with Crippen molar-refractivity contribution >= 4 is 11.6 Å². The Morgan fingerprint density at radius 3 is 2.67 bits per heavy atom. The van der Waals surface area contributed by atoms with Crippen LogP contribution in [0.15, 0.2) is 60.9 Å². The zero-order chi connectivity index (χ0) is 21.1. The molecule has 1 N–H and O–H groups in total. The van der Waals surface area contributed by atoms with Crippen molar-refractivity contribution in [1.82, 2.24) is 19.9 Å². The first kappa shape index (κ1) is 19.5. The van der Waals surface area contributed by atoms with E-state index in [0.717, 1.165) is 29.1 Å². The number of carbonyl (C=O) groups excluding carboxylic acids is 1. The topological polar surface area (TPSA) is 68.5 Å². The molecule has 0 saturated carbocycles. The fourth-order valence-corrected chi connectivity index (χ4v) is 3.09. The van der Waals surface area contributed by atoms with Crippen LogP contribution in [-0.2, 0) is 6.54 Å². The maximum Gasteiger partial charge on any atom is 0.257 e. The summed E-state index contributed by atoms with van der Waals surface area (Å²) in [6.45, 7) is 2.42. The first-order valence-corrected chi connectivity index (χ1v) is 9.35. The molecule has 2 aromatic carbocycles. The van der Waals surface area contributed by atoms with Gasteiger partial charge in [0.1, 0.15) is 22.9 Å². The lowest BCUT2D eigenvalue weighted by Crippen LogP contribution is -2.23. The Kier molecular flexibility index (Phi) is 5.38. The quantitative estimate of drug-likeness (QED) is 0.524. The van der Waals surface area contributed by atoms with Crippen LogP contribution in [0.3, 0.4) is 0 Å². The van der Waals surface area contributed by atoms with Crippen molar-refractivity contribution in [2.45, 2.75) is 13.5 Å². The van der Waals surface area contributed by atoms with Gasteiger partial charge in [-0.25, -0.2) is 18.3 Å². The number of nitrogens with one attached hydrogen (secondary N) is 1. The number of ether oxygens (including phenoxy) is 1. The van der Waals surface area contributed by atoms with E-state index in [4.69, 9.17) is 4.74 Å². The summed E-state index contributed by atoms with van der Waals surface area (Å²) in [7, 11) is 0. The SMILES string of the molecule is CCOc1ccc(-c2ccnc3c(C(=O)NCc4ccc(F)cc4F)cnn23)cc1. The summed E-state index contributed by atoms with van der Waals surface area (Å²) < 4.78 is 33.8. The van der Waals surface area contributed by atoms with Gasteiger partial charge in [0.05, 0.1) is 18.5 Å². The zero-order valence-electron chi connectivity index (χ0n) is 16.1. The Hall–Kier alpha value is -3.81. The molecule has 2 heterocycles. The predicted octanol–water partition coefficient (Wildman–Crippen LogP) is 4.00. The van der Waals surface area contributed by atoms with Gasteiger partial charge >= 0.3 is 0 Å². The van der Waals surface area contributed by atoms with E-state index in [-0.39, 0.29) is 17.7 Å². The summed E-state index contributed by atoms with van der Waals surface area (Å²) in [4.78, 5) is 16.9. The molecule has 152 valence electrons. The standard InChI is InChI=1S/C22H18F2N4O2/c1-2-30-17-7-4-14(5-8-17)20-9-10-25-21-18(13-27-28(20)21)22(29)26-12-15-3-6-16(23)11-19(15)24/h3-11,13H,2,12H2,1H3,(H,26,29). The summed E-state index contributed by atoms with van der Waals surface area (Å²) >= 11 is 0. The van der Waals surface area contributed by atoms with E-state index < -0.39 is 17.5 Å². The van der Waals surface area contributed by atoms with E-state index in [9.17, 15) is 13.6 Å². The van der Waals surface area contributed by atoms with Crippen molar-refractivity contribution in [2.75, 3.05) is 6.61 Å². The van der Waals surface area contributed by atoms with Gasteiger partial charge in [-0.05, 0) is 43.3 Å². The minimum Gasteiger partial charge on any atom is -0.494 e. The molecule has 1 amide bonds. The molecule has 0 aliphatic rings. The Morgan fingerprint density at radius 1 is 1.13 bits per heavy atom. The number of rotatable bonds is 6. The summed E-state index contributed by atoms with van der Waals surface area (Å²) in [5, 5.41) is 6.92. The second kappa shape index (κ2) is 8.28. The van der Waals surface area contributed by atoms with E-state index in [2.05, 4.69) is 15.4 Å². The molecule has 8 heteroatoms. The lowest BCUT2D eigenvalue weighted by molar-refractivity contribution is 0.0952. The molecule has 0 spiro atoms. The number of nitrogens with zero attached hydrogens (tertiary/aromatic N) is 3. The zero-order valence-corrected chi connectivity index (χ0v) is 16.1. The molecule has 0 unspecified atom stereocenters. The molecule has 4 rings (SSSR count). The molecule has 4 aromatic rings. The number of hydrogen-bond acceptors (Lipinski definition) is 4. The first-order chi connectivity index (χ1) is 14.6. The minimum atomic E-state index is -0.717.